The van der Waals surface area contributed by atoms with Gasteiger partial charge in [-0.1, -0.05) is 36.4 Å². The first-order chi connectivity index (χ1) is 10.2. The van der Waals surface area contributed by atoms with Crippen LogP contribution in [0.4, 0.5) is 5.82 Å². The van der Waals surface area contributed by atoms with E-state index < -0.39 is 0 Å². The first-order valence-corrected chi connectivity index (χ1v) is 6.73. The molecule has 5 heteroatoms. The zero-order chi connectivity index (χ0) is 15.1. The van der Waals surface area contributed by atoms with E-state index in [-0.39, 0.29) is 24.5 Å². The smallest absolute Gasteiger partial charge is 0.225 e. The first kappa shape index (κ1) is 14.9. The van der Waals surface area contributed by atoms with Crippen molar-refractivity contribution in [3.05, 3.63) is 59.8 Å². The van der Waals surface area contributed by atoms with Crippen LogP contribution in [0.2, 0.25) is 0 Å². The number of nitrogens with one attached hydrogen (secondary N) is 1. The fraction of sp³-hybridized carbons (Fsp3) is 0.188. The van der Waals surface area contributed by atoms with Gasteiger partial charge < -0.3 is 11.1 Å². The number of Topliss-reactive ketones (excluding diaryl/α,β-unsaturated/α-hetero) is 1. The lowest BCUT2D eigenvalue weighted by Crippen LogP contribution is -2.15. The number of benzene rings is 1. The maximum Gasteiger partial charge on any atom is 0.225 e. The quantitative estimate of drug-likeness (QED) is 0.795. The van der Waals surface area contributed by atoms with E-state index in [0.717, 1.165) is 0 Å². The molecular formula is C16H17N3O2. The Kier molecular flexibility index (Phi) is 5.17. The summed E-state index contributed by atoms with van der Waals surface area (Å²) < 4.78 is 0. The predicted molar refractivity (Wildman–Crippen MR) is 80.8 cm³/mol. The molecule has 21 heavy (non-hydrogen) atoms. The zero-order valence-corrected chi connectivity index (χ0v) is 11.6. The summed E-state index contributed by atoms with van der Waals surface area (Å²) in [5.74, 6) is 0.172. The molecule has 0 fully saturated rings. The number of rotatable bonds is 6. The van der Waals surface area contributed by atoms with Crippen molar-refractivity contribution < 1.29 is 9.59 Å². The minimum Gasteiger partial charge on any atom is -0.325 e. The van der Waals surface area contributed by atoms with E-state index in [2.05, 4.69) is 10.3 Å². The van der Waals surface area contributed by atoms with E-state index in [4.69, 9.17) is 5.73 Å². The van der Waals surface area contributed by atoms with Gasteiger partial charge in [0, 0.05) is 24.9 Å². The van der Waals surface area contributed by atoms with Crippen LogP contribution in [-0.2, 0) is 11.3 Å². The molecule has 1 heterocycles. The van der Waals surface area contributed by atoms with Gasteiger partial charge in [0.2, 0.25) is 5.91 Å². The average molecular weight is 283 g/mol. The second-order valence-electron chi connectivity index (χ2n) is 4.56. The van der Waals surface area contributed by atoms with Gasteiger partial charge in [-0.2, -0.15) is 0 Å². The van der Waals surface area contributed by atoms with Crippen LogP contribution in [0.5, 0.6) is 0 Å². The lowest BCUT2D eigenvalue weighted by molar-refractivity contribution is -0.116. The minimum absolute atomic E-state index is 0.0468. The summed E-state index contributed by atoms with van der Waals surface area (Å²) in [6.45, 7) is 0.316. The van der Waals surface area contributed by atoms with Gasteiger partial charge in [-0.25, -0.2) is 4.98 Å². The molecule has 3 N–H and O–H groups in total. The summed E-state index contributed by atoms with van der Waals surface area (Å²) in [6.07, 6.45) is 0.300. The van der Waals surface area contributed by atoms with Crippen molar-refractivity contribution in [3.63, 3.8) is 0 Å². The van der Waals surface area contributed by atoms with Crippen molar-refractivity contribution in [1.29, 1.82) is 0 Å². The van der Waals surface area contributed by atoms with Crippen molar-refractivity contribution in [2.45, 2.75) is 19.4 Å². The molecule has 1 aromatic heterocycles. The van der Waals surface area contributed by atoms with Crippen molar-refractivity contribution in [2.75, 3.05) is 5.32 Å². The third-order valence-corrected chi connectivity index (χ3v) is 2.96. The molecule has 0 bridgehead atoms. The SMILES string of the molecule is NCc1cccc(NC(=O)CCC(=O)c2ccccc2)n1. The number of hydrogen-bond donors (Lipinski definition) is 2. The van der Waals surface area contributed by atoms with Crippen LogP contribution >= 0.6 is 0 Å². The van der Waals surface area contributed by atoms with Crippen LogP contribution in [0, 0.1) is 0 Å². The monoisotopic (exact) mass is 283 g/mol. The molecule has 108 valence electrons. The van der Waals surface area contributed by atoms with Gasteiger partial charge in [0.25, 0.3) is 0 Å². The second-order valence-corrected chi connectivity index (χ2v) is 4.56. The molecule has 0 aliphatic heterocycles. The molecule has 0 radical (unpaired) electrons. The molecule has 0 saturated heterocycles. The van der Waals surface area contributed by atoms with Crippen LogP contribution in [0.1, 0.15) is 28.9 Å². The average Bonchev–Trinajstić information content (AvgIpc) is 2.53. The summed E-state index contributed by atoms with van der Waals surface area (Å²) in [7, 11) is 0. The number of carbonyl (C=O) groups excluding carboxylic acids is 2. The van der Waals surface area contributed by atoms with Gasteiger partial charge in [0.05, 0.1) is 5.69 Å². The normalized spacial score (nSPS) is 10.1. The number of amides is 1. The lowest BCUT2D eigenvalue weighted by Gasteiger charge is -2.05. The van der Waals surface area contributed by atoms with Crippen LogP contribution in [0.15, 0.2) is 48.5 Å². The van der Waals surface area contributed by atoms with Crippen LogP contribution in [0.3, 0.4) is 0 Å². The van der Waals surface area contributed by atoms with Gasteiger partial charge >= 0.3 is 0 Å². The Balaban J connectivity index is 1.86. The molecule has 1 amide bonds. The Hall–Kier alpha value is -2.53. The second kappa shape index (κ2) is 7.31. The van der Waals surface area contributed by atoms with E-state index in [0.29, 0.717) is 23.6 Å². The molecule has 0 saturated carbocycles. The van der Waals surface area contributed by atoms with Crippen molar-refractivity contribution >= 4 is 17.5 Å². The highest BCUT2D eigenvalue weighted by atomic mass is 16.2. The largest absolute Gasteiger partial charge is 0.325 e. The summed E-state index contributed by atoms with van der Waals surface area (Å²) in [6, 6.07) is 14.2. The molecular weight excluding hydrogens is 266 g/mol. The van der Waals surface area contributed by atoms with Gasteiger partial charge in [-0.05, 0) is 12.1 Å². The number of nitrogens with two attached hydrogens (primary N) is 1. The Morgan fingerprint density at radius 3 is 2.48 bits per heavy atom. The molecule has 0 aliphatic rings. The molecule has 2 rings (SSSR count). The molecule has 0 unspecified atom stereocenters. The van der Waals surface area contributed by atoms with Crippen LogP contribution in [0.25, 0.3) is 0 Å². The number of hydrogen-bond acceptors (Lipinski definition) is 4. The minimum atomic E-state index is -0.235. The predicted octanol–water partition coefficient (Wildman–Crippen LogP) is 2.14. The maximum atomic E-state index is 11.9. The maximum absolute atomic E-state index is 11.9. The van der Waals surface area contributed by atoms with E-state index in [1.165, 1.54) is 0 Å². The third-order valence-electron chi connectivity index (χ3n) is 2.96. The molecule has 0 spiro atoms. The molecule has 0 aliphatic carbocycles. The van der Waals surface area contributed by atoms with E-state index in [9.17, 15) is 9.59 Å². The Bertz CT molecular complexity index is 626. The van der Waals surface area contributed by atoms with E-state index in [1.54, 1.807) is 42.5 Å². The standard InChI is InChI=1S/C16H17N3O2/c17-11-13-7-4-8-15(18-13)19-16(21)10-9-14(20)12-5-2-1-3-6-12/h1-8H,9-11,17H2,(H,18,19,21). The summed E-state index contributed by atoms with van der Waals surface area (Å²) >= 11 is 0. The highest BCUT2D eigenvalue weighted by molar-refractivity contribution is 5.99. The summed E-state index contributed by atoms with van der Waals surface area (Å²) in [4.78, 5) is 27.9. The van der Waals surface area contributed by atoms with Crippen molar-refractivity contribution in [2.24, 2.45) is 5.73 Å². The number of aromatic nitrogens is 1. The third kappa shape index (κ3) is 4.50. The fourth-order valence-electron chi connectivity index (χ4n) is 1.86. The van der Waals surface area contributed by atoms with Gasteiger partial charge in [0.1, 0.15) is 5.82 Å². The highest BCUT2D eigenvalue weighted by Crippen LogP contribution is 2.08. The Labute approximate surface area is 123 Å². The van der Waals surface area contributed by atoms with Crippen LogP contribution < -0.4 is 11.1 Å². The highest BCUT2D eigenvalue weighted by Gasteiger charge is 2.09. The number of carbonyl (C=O) groups is 2. The fourth-order valence-corrected chi connectivity index (χ4v) is 1.86. The van der Waals surface area contributed by atoms with Crippen LogP contribution in [-0.4, -0.2) is 16.7 Å². The molecule has 5 nitrogen and oxygen atoms in total. The lowest BCUT2D eigenvalue weighted by atomic mass is 10.1. The number of pyridine rings is 1. The van der Waals surface area contributed by atoms with Crippen molar-refractivity contribution in [3.8, 4) is 0 Å². The first-order valence-electron chi connectivity index (χ1n) is 6.73. The summed E-state index contributed by atoms with van der Waals surface area (Å²) in [5.41, 5.74) is 6.81. The molecule has 0 atom stereocenters. The van der Waals surface area contributed by atoms with E-state index in [1.807, 2.05) is 6.07 Å². The molecule has 2 aromatic rings. The number of ketones is 1. The number of anilines is 1. The summed E-state index contributed by atoms with van der Waals surface area (Å²) in [5, 5.41) is 2.67. The topological polar surface area (TPSA) is 85.1 Å². The van der Waals surface area contributed by atoms with Gasteiger partial charge in [-0.15, -0.1) is 0 Å². The van der Waals surface area contributed by atoms with Gasteiger partial charge in [0.15, 0.2) is 5.78 Å². The van der Waals surface area contributed by atoms with Crippen molar-refractivity contribution in [1.82, 2.24) is 4.98 Å². The van der Waals surface area contributed by atoms with Gasteiger partial charge in [-0.3, -0.25) is 9.59 Å². The Morgan fingerprint density at radius 2 is 1.76 bits per heavy atom. The zero-order valence-electron chi connectivity index (χ0n) is 11.6. The Morgan fingerprint density at radius 1 is 1.00 bits per heavy atom. The number of nitrogens with zero attached hydrogens (tertiary/aromatic N) is 1. The molecule has 1 aromatic carbocycles. The van der Waals surface area contributed by atoms with E-state index >= 15 is 0 Å².